The fourth-order valence-corrected chi connectivity index (χ4v) is 4.74. The molecule has 6 heteroatoms. The van der Waals surface area contributed by atoms with Crippen LogP contribution in [-0.4, -0.2) is 31.7 Å². The van der Waals surface area contributed by atoms with Gasteiger partial charge in [0.15, 0.2) is 0 Å². The normalized spacial score (nSPS) is 11.5. The molecule has 1 amide bonds. The summed E-state index contributed by atoms with van der Waals surface area (Å²) in [5.74, 6) is -0.365. The first kappa shape index (κ1) is 22.7. The second-order valence-electron chi connectivity index (χ2n) is 7.75. The molecule has 0 saturated carbocycles. The van der Waals surface area contributed by atoms with E-state index in [1.165, 1.54) is 4.31 Å². The highest BCUT2D eigenvalue weighted by atomic mass is 32.2. The van der Waals surface area contributed by atoms with Gasteiger partial charge in [-0.05, 0) is 56.5 Å². The summed E-state index contributed by atoms with van der Waals surface area (Å²) in [6, 6.07) is 22.1. The summed E-state index contributed by atoms with van der Waals surface area (Å²) in [4.78, 5) is 13.0. The lowest BCUT2D eigenvalue weighted by molar-refractivity contribution is -0.116. The van der Waals surface area contributed by atoms with Crippen LogP contribution in [-0.2, 0) is 21.2 Å². The van der Waals surface area contributed by atoms with Gasteiger partial charge in [-0.25, -0.2) is 8.42 Å². The first-order valence-electron chi connectivity index (χ1n) is 10.2. The van der Waals surface area contributed by atoms with E-state index in [-0.39, 0.29) is 23.9 Å². The van der Waals surface area contributed by atoms with Crippen LogP contribution in [0.25, 0.3) is 0 Å². The van der Waals surface area contributed by atoms with E-state index in [1.807, 2.05) is 69.3 Å². The molecule has 0 saturated heterocycles. The van der Waals surface area contributed by atoms with Crippen molar-refractivity contribution in [3.05, 3.63) is 95.1 Å². The van der Waals surface area contributed by atoms with Crippen molar-refractivity contribution in [3.8, 4) is 0 Å². The summed E-state index contributed by atoms with van der Waals surface area (Å²) < 4.78 is 27.9. The molecule has 3 rings (SSSR count). The van der Waals surface area contributed by atoms with Gasteiger partial charge in [-0.3, -0.25) is 4.79 Å². The largest absolute Gasteiger partial charge is 0.325 e. The lowest BCUT2D eigenvalue weighted by Gasteiger charge is -2.22. The van der Waals surface area contributed by atoms with E-state index in [0.717, 1.165) is 22.3 Å². The molecule has 0 spiro atoms. The van der Waals surface area contributed by atoms with Crippen LogP contribution in [0.1, 0.15) is 22.3 Å². The first-order valence-corrected chi connectivity index (χ1v) is 11.7. The number of benzene rings is 3. The van der Waals surface area contributed by atoms with Crippen LogP contribution in [0.2, 0.25) is 0 Å². The molecule has 0 atom stereocenters. The Hall–Kier alpha value is -2.96. The molecule has 3 aromatic carbocycles. The number of hydrogen-bond donors (Lipinski definition) is 1. The SMILES string of the molecule is Cc1ccc(S(=O)(=O)N(CCc2ccccc2)CC(=O)Nc2ccc(C)cc2C)cc1. The molecule has 31 heavy (non-hydrogen) atoms. The fourth-order valence-electron chi connectivity index (χ4n) is 3.35. The Balaban J connectivity index is 1.82. The zero-order valence-corrected chi connectivity index (χ0v) is 18.9. The van der Waals surface area contributed by atoms with E-state index >= 15 is 0 Å². The maximum Gasteiger partial charge on any atom is 0.243 e. The van der Waals surface area contributed by atoms with Crippen molar-refractivity contribution in [1.82, 2.24) is 4.31 Å². The fraction of sp³-hybridized carbons (Fsp3) is 0.240. The van der Waals surface area contributed by atoms with E-state index in [4.69, 9.17) is 0 Å². The lowest BCUT2D eigenvalue weighted by Crippen LogP contribution is -2.39. The van der Waals surface area contributed by atoms with Gasteiger partial charge in [0.2, 0.25) is 15.9 Å². The highest BCUT2D eigenvalue weighted by molar-refractivity contribution is 7.89. The number of nitrogens with one attached hydrogen (secondary N) is 1. The molecule has 1 N–H and O–H groups in total. The quantitative estimate of drug-likeness (QED) is 0.566. The average molecular weight is 437 g/mol. The van der Waals surface area contributed by atoms with Gasteiger partial charge in [0.25, 0.3) is 0 Å². The van der Waals surface area contributed by atoms with Gasteiger partial charge in [0, 0.05) is 12.2 Å². The summed E-state index contributed by atoms with van der Waals surface area (Å²) in [6.45, 7) is 5.76. The monoisotopic (exact) mass is 436 g/mol. The Morgan fingerprint density at radius 3 is 2.16 bits per heavy atom. The summed E-state index contributed by atoms with van der Waals surface area (Å²) in [5, 5.41) is 2.85. The van der Waals surface area contributed by atoms with E-state index in [2.05, 4.69) is 5.32 Å². The van der Waals surface area contributed by atoms with Crippen molar-refractivity contribution in [2.24, 2.45) is 0 Å². The molecule has 0 aliphatic carbocycles. The molecule has 162 valence electrons. The number of amides is 1. The van der Waals surface area contributed by atoms with Gasteiger partial charge in [0.05, 0.1) is 11.4 Å². The predicted molar refractivity (Wildman–Crippen MR) is 125 cm³/mol. The Morgan fingerprint density at radius 1 is 0.871 bits per heavy atom. The molecule has 0 aliphatic rings. The molecule has 0 bridgehead atoms. The Bertz CT molecular complexity index is 1140. The molecule has 0 unspecified atom stereocenters. The standard InChI is InChI=1S/C25H28N2O3S/c1-19-9-12-23(13-10-19)31(29,30)27(16-15-22-7-5-4-6-8-22)18-25(28)26-24-14-11-20(2)17-21(24)3/h4-14,17H,15-16,18H2,1-3H3,(H,26,28). The summed E-state index contributed by atoms with van der Waals surface area (Å²) in [5.41, 5.74) is 4.71. The highest BCUT2D eigenvalue weighted by Gasteiger charge is 2.26. The van der Waals surface area contributed by atoms with Gasteiger partial charge in [0.1, 0.15) is 0 Å². The van der Waals surface area contributed by atoms with Crippen molar-refractivity contribution >= 4 is 21.6 Å². The summed E-state index contributed by atoms with van der Waals surface area (Å²) in [6.07, 6.45) is 0.517. The van der Waals surface area contributed by atoms with Crippen LogP contribution >= 0.6 is 0 Å². The van der Waals surface area contributed by atoms with Gasteiger partial charge < -0.3 is 5.32 Å². The number of anilines is 1. The van der Waals surface area contributed by atoms with Gasteiger partial charge in [-0.2, -0.15) is 4.31 Å². The zero-order valence-electron chi connectivity index (χ0n) is 18.1. The van der Waals surface area contributed by atoms with Crippen LogP contribution < -0.4 is 5.32 Å². The van der Waals surface area contributed by atoms with Crippen LogP contribution in [0.15, 0.2) is 77.7 Å². The highest BCUT2D eigenvalue weighted by Crippen LogP contribution is 2.19. The van der Waals surface area contributed by atoms with E-state index in [1.54, 1.807) is 24.3 Å². The Morgan fingerprint density at radius 2 is 1.52 bits per heavy atom. The van der Waals surface area contributed by atoms with Crippen LogP contribution in [0.3, 0.4) is 0 Å². The number of nitrogens with zero attached hydrogens (tertiary/aromatic N) is 1. The second kappa shape index (κ2) is 9.90. The van der Waals surface area contributed by atoms with Crippen molar-refractivity contribution in [2.45, 2.75) is 32.1 Å². The maximum atomic E-state index is 13.3. The van der Waals surface area contributed by atoms with Crippen molar-refractivity contribution in [1.29, 1.82) is 0 Å². The number of aryl methyl sites for hydroxylation is 3. The summed E-state index contributed by atoms with van der Waals surface area (Å²) in [7, 11) is -3.82. The van der Waals surface area contributed by atoms with E-state index in [0.29, 0.717) is 12.1 Å². The molecule has 5 nitrogen and oxygen atoms in total. The molecule has 0 aromatic heterocycles. The number of carbonyl (C=O) groups excluding carboxylic acids is 1. The minimum Gasteiger partial charge on any atom is -0.325 e. The third-order valence-corrected chi connectivity index (χ3v) is 6.99. The van der Waals surface area contributed by atoms with Crippen LogP contribution in [0, 0.1) is 20.8 Å². The zero-order chi connectivity index (χ0) is 22.4. The molecule has 0 aliphatic heterocycles. The van der Waals surface area contributed by atoms with Gasteiger partial charge in [-0.15, -0.1) is 0 Å². The molecule has 0 radical (unpaired) electrons. The van der Waals surface area contributed by atoms with Crippen molar-refractivity contribution < 1.29 is 13.2 Å². The third kappa shape index (κ3) is 6.03. The molecule has 0 fully saturated rings. The molecular weight excluding hydrogens is 408 g/mol. The van der Waals surface area contributed by atoms with Crippen LogP contribution in [0.4, 0.5) is 5.69 Å². The molecule has 0 heterocycles. The predicted octanol–water partition coefficient (Wildman–Crippen LogP) is 4.48. The smallest absolute Gasteiger partial charge is 0.243 e. The molecule has 3 aromatic rings. The Labute approximate surface area is 184 Å². The second-order valence-corrected chi connectivity index (χ2v) is 9.69. The van der Waals surface area contributed by atoms with E-state index < -0.39 is 10.0 Å². The minimum absolute atomic E-state index is 0.186. The topological polar surface area (TPSA) is 66.5 Å². The van der Waals surface area contributed by atoms with Gasteiger partial charge >= 0.3 is 0 Å². The average Bonchev–Trinajstić information content (AvgIpc) is 2.74. The first-order chi connectivity index (χ1) is 14.8. The number of rotatable bonds is 8. The summed E-state index contributed by atoms with van der Waals surface area (Å²) >= 11 is 0. The number of hydrogen-bond acceptors (Lipinski definition) is 3. The maximum absolute atomic E-state index is 13.3. The van der Waals surface area contributed by atoms with Crippen molar-refractivity contribution in [3.63, 3.8) is 0 Å². The number of carbonyl (C=O) groups is 1. The van der Waals surface area contributed by atoms with Crippen LogP contribution in [0.5, 0.6) is 0 Å². The van der Waals surface area contributed by atoms with E-state index in [9.17, 15) is 13.2 Å². The van der Waals surface area contributed by atoms with Crippen molar-refractivity contribution in [2.75, 3.05) is 18.4 Å². The lowest BCUT2D eigenvalue weighted by atomic mass is 10.1. The Kier molecular flexibility index (Phi) is 7.25. The molecular formula is C25H28N2O3S. The van der Waals surface area contributed by atoms with Gasteiger partial charge in [-0.1, -0.05) is 65.7 Å². The third-order valence-electron chi connectivity index (χ3n) is 5.13. The number of sulfonamides is 1. The minimum atomic E-state index is -3.82.